The van der Waals surface area contributed by atoms with Crippen molar-refractivity contribution >= 4 is 41.6 Å². The van der Waals surface area contributed by atoms with Crippen LogP contribution < -0.4 is 0 Å². The van der Waals surface area contributed by atoms with E-state index < -0.39 is 108 Å². The molecule has 16 heteroatoms. The summed E-state index contributed by atoms with van der Waals surface area (Å²) in [5.41, 5.74) is -1.62. The number of fused-ring (bicyclic) bond motifs is 3. The van der Waals surface area contributed by atoms with Gasteiger partial charge in [-0.15, -0.1) is 0 Å². The summed E-state index contributed by atoms with van der Waals surface area (Å²) in [5.74, 6) is -6.44. The summed E-state index contributed by atoms with van der Waals surface area (Å²) in [6.45, 7) is 7.55. The lowest BCUT2D eigenvalue weighted by Gasteiger charge is -2.62. The average Bonchev–Trinajstić information content (AvgIpc) is 3.58. The third-order valence-corrected chi connectivity index (χ3v) is 10.5. The predicted octanol–water partition coefficient (Wildman–Crippen LogP) is 2.46. The van der Waals surface area contributed by atoms with E-state index in [2.05, 4.69) is 0 Å². The number of hydrogen-bond donors (Lipinski definition) is 0. The Morgan fingerprint density at radius 1 is 0.902 bits per heavy atom. The first-order valence-corrected chi connectivity index (χ1v) is 16.5. The molecule has 278 valence electrons. The molecular weight excluding hydrogens is 676 g/mol. The van der Waals surface area contributed by atoms with Gasteiger partial charge in [-0.1, -0.05) is 13.8 Å². The number of furan rings is 1. The average molecular weight is 719 g/mol. The molecule has 3 fully saturated rings. The van der Waals surface area contributed by atoms with Crippen molar-refractivity contribution in [2.24, 2.45) is 22.7 Å². The van der Waals surface area contributed by atoms with E-state index in [0.717, 1.165) is 27.7 Å². The van der Waals surface area contributed by atoms with Crippen LogP contribution in [0.25, 0.3) is 0 Å². The van der Waals surface area contributed by atoms with Gasteiger partial charge >= 0.3 is 35.8 Å². The Bertz CT molecular complexity index is 1600. The first kappa shape index (κ1) is 37.7. The number of allylic oxidation sites excluding steroid dienone is 1. The molecule has 2 saturated heterocycles. The van der Waals surface area contributed by atoms with Gasteiger partial charge < -0.3 is 42.3 Å². The number of methoxy groups -OCH3 is 1. The normalized spacial score (nSPS) is 35.9. The molecule has 1 aromatic rings. The van der Waals surface area contributed by atoms with E-state index in [0.29, 0.717) is 5.56 Å². The van der Waals surface area contributed by atoms with Crippen molar-refractivity contribution in [3.05, 3.63) is 35.8 Å². The fourth-order valence-corrected chi connectivity index (χ4v) is 8.27. The summed E-state index contributed by atoms with van der Waals surface area (Å²) >= 11 is 0. The molecule has 0 aromatic carbocycles. The minimum atomic E-state index is -1.62. The molecule has 0 amide bonds. The maximum Gasteiger partial charge on any atom is 0.334 e. The van der Waals surface area contributed by atoms with Crippen LogP contribution >= 0.6 is 0 Å². The smallest absolute Gasteiger partial charge is 0.334 e. The van der Waals surface area contributed by atoms with Crippen molar-refractivity contribution in [2.75, 3.05) is 13.7 Å². The van der Waals surface area contributed by atoms with Crippen LogP contribution in [0.1, 0.15) is 72.5 Å². The Morgan fingerprint density at radius 2 is 1.55 bits per heavy atom. The zero-order chi connectivity index (χ0) is 37.4. The maximum atomic E-state index is 13.9. The van der Waals surface area contributed by atoms with Gasteiger partial charge in [0.05, 0.1) is 31.7 Å². The van der Waals surface area contributed by atoms with Gasteiger partial charge in [-0.2, -0.15) is 0 Å². The van der Waals surface area contributed by atoms with Crippen molar-refractivity contribution in [3.8, 4) is 0 Å². The second kappa shape index (κ2) is 14.6. The van der Waals surface area contributed by atoms with Crippen LogP contribution in [0.2, 0.25) is 0 Å². The van der Waals surface area contributed by atoms with Crippen LogP contribution in [-0.2, 0) is 71.5 Å². The number of ether oxygens (including phenoxy) is 8. The van der Waals surface area contributed by atoms with Crippen molar-refractivity contribution in [1.82, 2.24) is 0 Å². The van der Waals surface area contributed by atoms with Crippen LogP contribution in [0.5, 0.6) is 0 Å². The fourth-order valence-electron chi connectivity index (χ4n) is 8.27. The van der Waals surface area contributed by atoms with Crippen LogP contribution in [0.3, 0.4) is 0 Å². The Morgan fingerprint density at radius 3 is 2.14 bits per heavy atom. The van der Waals surface area contributed by atoms with Crippen molar-refractivity contribution < 1.29 is 75.9 Å². The zero-order valence-electron chi connectivity index (χ0n) is 29.4. The Balaban J connectivity index is 1.62. The molecule has 2 aliphatic carbocycles. The number of carbonyl (C=O) groups excluding carboxylic acids is 7. The van der Waals surface area contributed by atoms with Gasteiger partial charge in [0.25, 0.3) is 0 Å². The summed E-state index contributed by atoms with van der Waals surface area (Å²) in [4.78, 5) is 89.6. The number of carbonyl (C=O) groups is 7. The van der Waals surface area contributed by atoms with Crippen molar-refractivity contribution in [1.29, 1.82) is 0 Å². The number of cyclic esters (lactones) is 1. The SMILES string of the molecule is COC(=O)C1=CC(=O)C[C@H]2[C@]3(C)C[C@@H](c4ccoc4)OC(=O)[C@@H]3C[C@@H](O[C@@H]3O[C@H](COC(C)=O)[C@@H](OC(C)=O)[C@H](OC(C)=O)[C@H]3OC(C)=O)[C@@]12C. The molecule has 0 spiro atoms. The van der Waals surface area contributed by atoms with Gasteiger partial charge in [0.2, 0.25) is 0 Å². The molecule has 0 bridgehead atoms. The van der Waals surface area contributed by atoms with Crippen LogP contribution in [0.15, 0.2) is 34.7 Å². The third kappa shape index (κ3) is 7.29. The van der Waals surface area contributed by atoms with Crippen molar-refractivity contribution in [3.63, 3.8) is 0 Å². The topological polar surface area (TPSA) is 206 Å². The molecule has 1 aromatic heterocycles. The summed E-state index contributed by atoms with van der Waals surface area (Å²) in [7, 11) is 1.18. The number of hydrogen-bond acceptors (Lipinski definition) is 16. The fraction of sp³-hybridized carbons (Fsp3) is 0.629. The monoisotopic (exact) mass is 718 g/mol. The summed E-state index contributed by atoms with van der Waals surface area (Å²) < 4.78 is 51.0. The van der Waals surface area contributed by atoms with E-state index in [4.69, 9.17) is 42.3 Å². The Labute approximate surface area is 293 Å². The van der Waals surface area contributed by atoms with E-state index in [1.807, 2.05) is 6.92 Å². The largest absolute Gasteiger partial charge is 0.472 e. The quantitative estimate of drug-likeness (QED) is 0.265. The Kier molecular flexibility index (Phi) is 10.8. The molecule has 16 nitrogen and oxygen atoms in total. The molecule has 51 heavy (non-hydrogen) atoms. The van der Waals surface area contributed by atoms with Gasteiger partial charge in [0.15, 0.2) is 30.4 Å². The van der Waals surface area contributed by atoms with Gasteiger partial charge in [-0.05, 0) is 36.3 Å². The highest BCUT2D eigenvalue weighted by Crippen LogP contribution is 2.65. The highest BCUT2D eigenvalue weighted by atomic mass is 16.7. The first-order chi connectivity index (χ1) is 24.0. The highest BCUT2D eigenvalue weighted by Gasteiger charge is 2.67. The first-order valence-electron chi connectivity index (χ1n) is 16.5. The van der Waals surface area contributed by atoms with Gasteiger partial charge in [0.1, 0.15) is 18.8 Å². The summed E-state index contributed by atoms with van der Waals surface area (Å²) in [5, 5.41) is 0. The van der Waals surface area contributed by atoms with E-state index in [9.17, 15) is 33.6 Å². The number of ketones is 1. The molecule has 5 rings (SSSR count). The lowest BCUT2D eigenvalue weighted by atomic mass is 9.44. The molecule has 0 radical (unpaired) electrons. The molecule has 2 aliphatic heterocycles. The predicted molar refractivity (Wildman–Crippen MR) is 167 cm³/mol. The van der Waals surface area contributed by atoms with E-state index in [1.54, 1.807) is 13.0 Å². The zero-order valence-corrected chi connectivity index (χ0v) is 29.4. The molecular formula is C35H42O16. The second-order valence-electron chi connectivity index (χ2n) is 13.7. The summed E-state index contributed by atoms with van der Waals surface area (Å²) in [6.07, 6.45) is -4.95. The van der Waals surface area contributed by atoms with E-state index in [1.165, 1.54) is 25.7 Å². The van der Waals surface area contributed by atoms with Gasteiger partial charge in [-0.25, -0.2) is 4.79 Å². The third-order valence-electron chi connectivity index (χ3n) is 10.5. The maximum absolute atomic E-state index is 13.9. The van der Waals surface area contributed by atoms with Crippen LogP contribution in [0, 0.1) is 22.7 Å². The van der Waals surface area contributed by atoms with Crippen LogP contribution in [0.4, 0.5) is 0 Å². The minimum absolute atomic E-state index is 0.000334. The van der Waals surface area contributed by atoms with E-state index in [-0.39, 0.29) is 30.6 Å². The molecule has 1 saturated carbocycles. The number of esters is 6. The van der Waals surface area contributed by atoms with E-state index >= 15 is 0 Å². The summed E-state index contributed by atoms with van der Waals surface area (Å²) in [6, 6.07) is 1.69. The Hall–Kier alpha value is -4.57. The number of rotatable bonds is 9. The molecule has 3 heterocycles. The highest BCUT2D eigenvalue weighted by molar-refractivity contribution is 6.02. The molecule has 0 unspecified atom stereocenters. The second-order valence-corrected chi connectivity index (χ2v) is 13.7. The van der Waals surface area contributed by atoms with Gasteiger partial charge in [-0.3, -0.25) is 28.8 Å². The minimum Gasteiger partial charge on any atom is -0.472 e. The van der Waals surface area contributed by atoms with Crippen molar-refractivity contribution in [2.45, 2.75) is 104 Å². The molecule has 0 N–H and O–H groups in total. The standard InChI is InChI=1S/C35H42O16/c1-16(36)45-15-25-28(46-17(2)37)29(47-18(3)38)30(48-19(4)39)33(50-25)51-27-12-22-32(42)49-24(20-8-9-44-14-20)13-34(22,5)26-11-21(40)10-23(31(41)43-7)35(26,27)6/h8-10,14,22,24-30,33H,11-13,15H2,1-7H3/t22-,24-,25+,26-,27+,28+,29-,30+,33-,34+,35-/m0/s1. The lowest BCUT2D eigenvalue weighted by Crippen LogP contribution is -2.66. The van der Waals surface area contributed by atoms with Gasteiger partial charge in [0, 0.05) is 50.7 Å². The molecule has 11 atom stereocenters. The molecule has 4 aliphatic rings. The van der Waals surface area contributed by atoms with Crippen LogP contribution in [-0.4, -0.2) is 92.1 Å². The lowest BCUT2D eigenvalue weighted by molar-refractivity contribution is -0.332.